The number of furan rings is 1. The van der Waals surface area contributed by atoms with Gasteiger partial charge in [-0.15, -0.1) is 0 Å². The molecule has 66 valence electrons. The first-order valence-electron chi connectivity index (χ1n) is 4.14. The summed E-state index contributed by atoms with van der Waals surface area (Å²) in [6, 6.07) is 3.82. The molecule has 1 aliphatic heterocycles. The second kappa shape index (κ2) is 2.61. The molecule has 1 aliphatic rings. The Morgan fingerprint density at radius 1 is 1.58 bits per heavy atom. The average Bonchev–Trinajstić information content (AvgIpc) is 2.55. The summed E-state index contributed by atoms with van der Waals surface area (Å²) in [4.78, 5) is 0. The summed E-state index contributed by atoms with van der Waals surface area (Å²) in [6.45, 7) is 4.84. The minimum atomic E-state index is -0.225. The van der Waals surface area contributed by atoms with E-state index in [-0.39, 0.29) is 11.8 Å². The third-order valence-electron chi connectivity index (χ3n) is 2.01. The van der Waals surface area contributed by atoms with Crippen LogP contribution in [0.1, 0.15) is 25.7 Å². The Balaban J connectivity index is 2.10. The molecule has 0 bridgehead atoms. The topological polar surface area (TPSA) is 34.4 Å². The number of hydrogen-bond acceptors (Lipinski definition) is 3. The lowest BCUT2D eigenvalue weighted by molar-refractivity contribution is -0.0317. The van der Waals surface area contributed by atoms with Gasteiger partial charge in [0.15, 0.2) is 0 Å². The van der Waals surface area contributed by atoms with Gasteiger partial charge in [-0.1, -0.05) is 0 Å². The van der Waals surface area contributed by atoms with Crippen molar-refractivity contribution in [2.75, 3.05) is 6.54 Å². The lowest BCUT2D eigenvalue weighted by atomic mass is 10.3. The summed E-state index contributed by atoms with van der Waals surface area (Å²) in [6.07, 6.45) is 1.74. The predicted molar refractivity (Wildman–Crippen MR) is 44.6 cm³/mol. The van der Waals surface area contributed by atoms with Crippen molar-refractivity contribution in [1.29, 1.82) is 0 Å². The molecule has 3 heteroatoms. The molecule has 0 saturated carbocycles. The maximum atomic E-state index is 5.69. The fraction of sp³-hybridized carbons (Fsp3) is 0.556. The van der Waals surface area contributed by atoms with E-state index < -0.39 is 0 Å². The molecular weight excluding hydrogens is 155 g/mol. The van der Waals surface area contributed by atoms with Crippen LogP contribution < -0.4 is 5.32 Å². The van der Waals surface area contributed by atoms with Gasteiger partial charge in [0.05, 0.1) is 6.26 Å². The molecule has 0 aliphatic carbocycles. The number of ether oxygens (including phenoxy) is 1. The van der Waals surface area contributed by atoms with Crippen molar-refractivity contribution in [2.24, 2.45) is 0 Å². The van der Waals surface area contributed by atoms with E-state index in [1.165, 1.54) is 0 Å². The molecule has 2 heterocycles. The van der Waals surface area contributed by atoms with Crippen molar-refractivity contribution in [3.05, 3.63) is 24.2 Å². The summed E-state index contributed by atoms with van der Waals surface area (Å²) in [5.74, 6) is 0.896. The summed E-state index contributed by atoms with van der Waals surface area (Å²) >= 11 is 0. The van der Waals surface area contributed by atoms with Crippen LogP contribution in [-0.4, -0.2) is 12.3 Å². The van der Waals surface area contributed by atoms with Gasteiger partial charge in [0, 0.05) is 6.54 Å². The van der Waals surface area contributed by atoms with Crippen molar-refractivity contribution in [3.63, 3.8) is 0 Å². The Hall–Kier alpha value is -0.800. The van der Waals surface area contributed by atoms with Crippen molar-refractivity contribution < 1.29 is 9.15 Å². The lowest BCUT2D eigenvalue weighted by Crippen LogP contribution is -2.33. The molecule has 1 unspecified atom stereocenters. The van der Waals surface area contributed by atoms with Crippen LogP contribution in [0.25, 0.3) is 0 Å². The molecule has 3 nitrogen and oxygen atoms in total. The third kappa shape index (κ3) is 1.38. The smallest absolute Gasteiger partial charge is 0.133 e. The van der Waals surface area contributed by atoms with E-state index in [0.717, 1.165) is 12.3 Å². The third-order valence-corrected chi connectivity index (χ3v) is 2.01. The zero-order chi connectivity index (χ0) is 8.60. The zero-order valence-electron chi connectivity index (χ0n) is 7.33. The van der Waals surface area contributed by atoms with Gasteiger partial charge in [0.1, 0.15) is 17.6 Å². The Labute approximate surface area is 71.7 Å². The summed E-state index contributed by atoms with van der Waals surface area (Å²) in [5, 5.41) is 3.25. The first kappa shape index (κ1) is 7.83. The predicted octanol–water partition coefficient (Wildman–Crippen LogP) is 1.68. The van der Waals surface area contributed by atoms with Gasteiger partial charge in [-0.25, -0.2) is 0 Å². The Bertz CT molecular complexity index is 254. The molecule has 1 saturated heterocycles. The standard InChI is InChI=1S/C9H13NO2/c1-9(2)10-6-8(12-9)7-4-3-5-11-7/h3-5,8,10H,6H2,1-2H3/i6+1. The number of nitrogens with one attached hydrogen (secondary N) is 1. The van der Waals surface area contributed by atoms with Crippen molar-refractivity contribution in [3.8, 4) is 0 Å². The Morgan fingerprint density at radius 3 is 2.92 bits per heavy atom. The molecule has 2 rings (SSSR count). The molecule has 0 amide bonds. The zero-order valence-corrected chi connectivity index (χ0v) is 7.33. The van der Waals surface area contributed by atoms with E-state index in [4.69, 9.17) is 9.15 Å². The van der Waals surface area contributed by atoms with Crippen LogP contribution >= 0.6 is 0 Å². The molecule has 0 radical (unpaired) electrons. The van der Waals surface area contributed by atoms with Crippen LogP contribution in [0.2, 0.25) is 0 Å². The second-order valence-electron chi connectivity index (χ2n) is 3.51. The highest BCUT2D eigenvalue weighted by Crippen LogP contribution is 2.27. The van der Waals surface area contributed by atoms with Crippen LogP contribution in [0, 0.1) is 0 Å². The van der Waals surface area contributed by atoms with Gasteiger partial charge >= 0.3 is 0 Å². The van der Waals surface area contributed by atoms with Gasteiger partial charge in [0.25, 0.3) is 0 Å². The van der Waals surface area contributed by atoms with E-state index in [9.17, 15) is 0 Å². The molecule has 1 aromatic rings. The van der Waals surface area contributed by atoms with Gasteiger partial charge < -0.3 is 9.15 Å². The second-order valence-corrected chi connectivity index (χ2v) is 3.51. The molecule has 1 fully saturated rings. The SMILES string of the molecule is CC1(C)N[13CH2]C(c2ccco2)O1. The lowest BCUT2D eigenvalue weighted by Gasteiger charge is -2.17. The molecule has 1 aromatic heterocycles. The molecule has 12 heavy (non-hydrogen) atoms. The van der Waals surface area contributed by atoms with Crippen molar-refractivity contribution >= 4 is 0 Å². The van der Waals surface area contributed by atoms with Gasteiger partial charge in [-0.05, 0) is 26.0 Å². The normalized spacial score (nSPS) is 27.7. The highest BCUT2D eigenvalue weighted by Gasteiger charge is 2.33. The minimum Gasteiger partial charge on any atom is -0.467 e. The highest BCUT2D eigenvalue weighted by atomic mass is 16.6. The maximum Gasteiger partial charge on any atom is 0.133 e. The van der Waals surface area contributed by atoms with Crippen LogP contribution in [-0.2, 0) is 4.74 Å². The molecule has 0 spiro atoms. The molecular formula is C9H13NO2. The van der Waals surface area contributed by atoms with E-state index in [0.29, 0.717) is 0 Å². The summed E-state index contributed by atoms with van der Waals surface area (Å²) in [5.41, 5.74) is -0.225. The van der Waals surface area contributed by atoms with Crippen LogP contribution in [0.3, 0.4) is 0 Å². The van der Waals surface area contributed by atoms with Gasteiger partial charge in [0.2, 0.25) is 0 Å². The quantitative estimate of drug-likeness (QED) is 0.648. The molecule has 1 N–H and O–H groups in total. The molecule has 1 atom stereocenters. The van der Waals surface area contributed by atoms with E-state index >= 15 is 0 Å². The van der Waals surface area contributed by atoms with Gasteiger partial charge in [-0.2, -0.15) is 0 Å². The average molecular weight is 168 g/mol. The minimum absolute atomic E-state index is 0.0648. The van der Waals surface area contributed by atoms with E-state index in [1.807, 2.05) is 26.0 Å². The fourth-order valence-electron chi connectivity index (χ4n) is 1.41. The van der Waals surface area contributed by atoms with Crippen LogP contribution in [0.4, 0.5) is 0 Å². The number of rotatable bonds is 1. The Kier molecular flexibility index (Phi) is 1.70. The first-order chi connectivity index (χ1) is 5.67. The first-order valence-corrected chi connectivity index (χ1v) is 4.14. The van der Waals surface area contributed by atoms with E-state index in [1.54, 1.807) is 6.26 Å². The largest absolute Gasteiger partial charge is 0.467 e. The molecule has 0 aromatic carbocycles. The monoisotopic (exact) mass is 168 g/mol. The summed E-state index contributed by atoms with van der Waals surface area (Å²) < 4.78 is 10.9. The number of hydrogen-bond donors (Lipinski definition) is 1. The summed E-state index contributed by atoms with van der Waals surface area (Å²) in [7, 11) is 0. The highest BCUT2D eigenvalue weighted by molar-refractivity contribution is 5.05. The van der Waals surface area contributed by atoms with Crippen molar-refractivity contribution in [1.82, 2.24) is 5.32 Å². The van der Waals surface area contributed by atoms with Crippen LogP contribution in [0.5, 0.6) is 0 Å². The maximum absolute atomic E-state index is 5.69. The Morgan fingerprint density at radius 2 is 2.42 bits per heavy atom. The van der Waals surface area contributed by atoms with Crippen molar-refractivity contribution in [2.45, 2.75) is 25.7 Å². The fourth-order valence-corrected chi connectivity index (χ4v) is 1.41. The van der Waals surface area contributed by atoms with Gasteiger partial charge in [-0.3, -0.25) is 5.32 Å². The van der Waals surface area contributed by atoms with Crippen LogP contribution in [0.15, 0.2) is 22.8 Å². The van der Waals surface area contributed by atoms with E-state index in [2.05, 4.69) is 5.32 Å².